The number of hydrogen-bond donors (Lipinski definition) is 1. The predicted molar refractivity (Wildman–Crippen MR) is 54.2 cm³/mol. The van der Waals surface area contributed by atoms with Crippen molar-refractivity contribution >= 4 is 5.69 Å². The van der Waals surface area contributed by atoms with Crippen molar-refractivity contribution in [1.82, 2.24) is 0 Å². The standard InChI is InChI=1S/C11H17N/c1-3-5-9(2)10-6-4-7-11(12)8-10/h4,6-9H,3,5,12H2,1-2H3. The molecule has 0 heterocycles. The van der Waals surface area contributed by atoms with Crippen LogP contribution in [0.25, 0.3) is 0 Å². The molecule has 0 aliphatic carbocycles. The number of nitrogens with two attached hydrogens (primary N) is 1. The lowest BCUT2D eigenvalue weighted by atomic mass is 9.96. The van der Waals surface area contributed by atoms with Crippen molar-refractivity contribution in [3.63, 3.8) is 0 Å². The molecule has 0 saturated carbocycles. The van der Waals surface area contributed by atoms with E-state index in [1.165, 1.54) is 18.4 Å². The minimum absolute atomic E-state index is 0.637. The Morgan fingerprint density at radius 1 is 1.42 bits per heavy atom. The van der Waals surface area contributed by atoms with Crippen LogP contribution in [0.5, 0.6) is 0 Å². The Morgan fingerprint density at radius 3 is 2.75 bits per heavy atom. The maximum atomic E-state index is 5.69. The summed E-state index contributed by atoms with van der Waals surface area (Å²) in [6.45, 7) is 4.46. The number of nitrogen functional groups attached to an aromatic ring is 1. The highest BCUT2D eigenvalue weighted by Crippen LogP contribution is 2.21. The quantitative estimate of drug-likeness (QED) is 0.680. The molecule has 2 N–H and O–H groups in total. The number of hydrogen-bond acceptors (Lipinski definition) is 1. The SMILES string of the molecule is CCCC(C)c1cccc(N)c1. The smallest absolute Gasteiger partial charge is 0.0316 e. The molecule has 0 aliphatic rings. The third-order valence-corrected chi connectivity index (χ3v) is 2.20. The zero-order valence-corrected chi connectivity index (χ0v) is 7.88. The van der Waals surface area contributed by atoms with Gasteiger partial charge in [-0.05, 0) is 30.0 Å². The first-order chi connectivity index (χ1) is 5.74. The molecule has 0 bridgehead atoms. The minimum Gasteiger partial charge on any atom is -0.399 e. The van der Waals surface area contributed by atoms with Crippen LogP contribution in [0.15, 0.2) is 24.3 Å². The highest BCUT2D eigenvalue weighted by Gasteiger charge is 2.03. The van der Waals surface area contributed by atoms with Crippen molar-refractivity contribution in [3.05, 3.63) is 29.8 Å². The fourth-order valence-electron chi connectivity index (χ4n) is 1.47. The van der Waals surface area contributed by atoms with E-state index in [1.54, 1.807) is 0 Å². The van der Waals surface area contributed by atoms with Crippen LogP contribution in [0.1, 0.15) is 38.2 Å². The van der Waals surface area contributed by atoms with Crippen LogP contribution in [-0.2, 0) is 0 Å². The van der Waals surface area contributed by atoms with Gasteiger partial charge in [0.2, 0.25) is 0 Å². The summed E-state index contributed by atoms with van der Waals surface area (Å²) >= 11 is 0. The lowest BCUT2D eigenvalue weighted by Crippen LogP contribution is -1.94. The molecule has 66 valence electrons. The molecule has 0 radical (unpaired) electrons. The summed E-state index contributed by atoms with van der Waals surface area (Å²) in [5.74, 6) is 0.637. The Labute approximate surface area is 74.6 Å². The first kappa shape index (κ1) is 9.11. The lowest BCUT2D eigenvalue weighted by molar-refractivity contribution is 0.665. The van der Waals surface area contributed by atoms with Gasteiger partial charge >= 0.3 is 0 Å². The van der Waals surface area contributed by atoms with Crippen LogP contribution in [0.2, 0.25) is 0 Å². The van der Waals surface area contributed by atoms with Gasteiger partial charge in [0.25, 0.3) is 0 Å². The third kappa shape index (κ3) is 2.26. The molecule has 0 aromatic heterocycles. The Balaban J connectivity index is 2.73. The molecule has 0 saturated heterocycles. The van der Waals surface area contributed by atoms with Crippen LogP contribution < -0.4 is 5.73 Å². The van der Waals surface area contributed by atoms with Crippen molar-refractivity contribution in [2.45, 2.75) is 32.6 Å². The van der Waals surface area contributed by atoms with Gasteiger partial charge in [-0.15, -0.1) is 0 Å². The monoisotopic (exact) mass is 163 g/mol. The summed E-state index contributed by atoms with van der Waals surface area (Å²) in [5, 5.41) is 0. The van der Waals surface area contributed by atoms with Crippen molar-refractivity contribution in [1.29, 1.82) is 0 Å². The summed E-state index contributed by atoms with van der Waals surface area (Å²) in [4.78, 5) is 0. The van der Waals surface area contributed by atoms with Gasteiger partial charge in [-0.25, -0.2) is 0 Å². The summed E-state index contributed by atoms with van der Waals surface area (Å²) in [5.41, 5.74) is 7.92. The molecular weight excluding hydrogens is 146 g/mol. The van der Waals surface area contributed by atoms with Crippen molar-refractivity contribution in [3.8, 4) is 0 Å². The van der Waals surface area contributed by atoms with Crippen LogP contribution in [0.3, 0.4) is 0 Å². The minimum atomic E-state index is 0.637. The number of rotatable bonds is 3. The van der Waals surface area contributed by atoms with Crippen LogP contribution in [0.4, 0.5) is 5.69 Å². The van der Waals surface area contributed by atoms with Crippen LogP contribution in [0, 0.1) is 0 Å². The fourth-order valence-corrected chi connectivity index (χ4v) is 1.47. The molecule has 0 amide bonds. The van der Waals surface area contributed by atoms with Gasteiger partial charge in [0.1, 0.15) is 0 Å². The highest BCUT2D eigenvalue weighted by atomic mass is 14.5. The van der Waals surface area contributed by atoms with Crippen LogP contribution in [-0.4, -0.2) is 0 Å². The molecule has 0 fully saturated rings. The maximum absolute atomic E-state index is 5.69. The van der Waals surface area contributed by atoms with Gasteiger partial charge in [0.15, 0.2) is 0 Å². The van der Waals surface area contributed by atoms with E-state index < -0.39 is 0 Å². The molecule has 1 rings (SSSR count). The summed E-state index contributed by atoms with van der Waals surface area (Å²) in [7, 11) is 0. The molecular formula is C11H17N. The summed E-state index contributed by atoms with van der Waals surface area (Å²) in [6.07, 6.45) is 2.47. The number of benzene rings is 1. The number of anilines is 1. The average molecular weight is 163 g/mol. The van der Waals surface area contributed by atoms with Crippen molar-refractivity contribution in [2.24, 2.45) is 0 Å². The van der Waals surface area contributed by atoms with E-state index in [2.05, 4.69) is 26.0 Å². The van der Waals surface area contributed by atoms with Gasteiger partial charge in [-0.3, -0.25) is 0 Å². The molecule has 1 nitrogen and oxygen atoms in total. The summed E-state index contributed by atoms with van der Waals surface area (Å²) < 4.78 is 0. The van der Waals surface area contributed by atoms with E-state index in [1.807, 2.05) is 12.1 Å². The van der Waals surface area contributed by atoms with Gasteiger partial charge in [-0.1, -0.05) is 32.4 Å². The van der Waals surface area contributed by atoms with Crippen molar-refractivity contribution in [2.75, 3.05) is 5.73 Å². The van der Waals surface area contributed by atoms with Gasteiger partial charge < -0.3 is 5.73 Å². The Hall–Kier alpha value is -0.980. The summed E-state index contributed by atoms with van der Waals surface area (Å²) in [6, 6.07) is 8.18. The second-order valence-electron chi connectivity index (χ2n) is 3.36. The second-order valence-corrected chi connectivity index (χ2v) is 3.36. The molecule has 1 unspecified atom stereocenters. The predicted octanol–water partition coefficient (Wildman–Crippen LogP) is 3.17. The highest BCUT2D eigenvalue weighted by molar-refractivity contribution is 5.41. The third-order valence-electron chi connectivity index (χ3n) is 2.20. The van der Waals surface area contributed by atoms with Gasteiger partial charge in [0.05, 0.1) is 0 Å². The topological polar surface area (TPSA) is 26.0 Å². The van der Waals surface area contributed by atoms with Crippen LogP contribution >= 0.6 is 0 Å². The first-order valence-corrected chi connectivity index (χ1v) is 4.59. The molecule has 1 aromatic carbocycles. The van der Waals surface area contributed by atoms with E-state index in [0.29, 0.717) is 5.92 Å². The largest absolute Gasteiger partial charge is 0.399 e. The first-order valence-electron chi connectivity index (χ1n) is 4.59. The zero-order chi connectivity index (χ0) is 8.97. The molecule has 12 heavy (non-hydrogen) atoms. The zero-order valence-electron chi connectivity index (χ0n) is 7.88. The Bertz CT molecular complexity index is 243. The fraction of sp³-hybridized carbons (Fsp3) is 0.455. The Morgan fingerprint density at radius 2 is 2.17 bits per heavy atom. The van der Waals surface area contributed by atoms with E-state index in [9.17, 15) is 0 Å². The second kappa shape index (κ2) is 4.15. The molecule has 1 aromatic rings. The van der Waals surface area contributed by atoms with E-state index in [0.717, 1.165) is 5.69 Å². The maximum Gasteiger partial charge on any atom is 0.0316 e. The van der Waals surface area contributed by atoms with Crippen molar-refractivity contribution < 1.29 is 0 Å². The molecule has 1 atom stereocenters. The lowest BCUT2D eigenvalue weighted by Gasteiger charge is -2.10. The molecule has 1 heteroatoms. The molecule has 0 aliphatic heterocycles. The average Bonchev–Trinajstić information content (AvgIpc) is 2.05. The Kier molecular flexibility index (Phi) is 3.15. The van der Waals surface area contributed by atoms with E-state index in [-0.39, 0.29) is 0 Å². The van der Waals surface area contributed by atoms with Gasteiger partial charge in [-0.2, -0.15) is 0 Å². The molecule has 0 spiro atoms. The normalized spacial score (nSPS) is 12.8. The van der Waals surface area contributed by atoms with E-state index in [4.69, 9.17) is 5.73 Å². The van der Waals surface area contributed by atoms with E-state index >= 15 is 0 Å². The van der Waals surface area contributed by atoms with Gasteiger partial charge in [0, 0.05) is 5.69 Å².